The monoisotopic (exact) mass is 301 g/mol. The van der Waals surface area contributed by atoms with Gasteiger partial charge in [-0.1, -0.05) is 0 Å². The molecule has 0 bridgehead atoms. The Hall–Kier alpha value is -2.21. The molecule has 0 unspecified atom stereocenters. The molecule has 2 aliphatic rings. The molecule has 6 heteroatoms. The number of ether oxygens (including phenoxy) is 3. The summed E-state index contributed by atoms with van der Waals surface area (Å²) in [6.07, 6.45) is 4.33. The van der Waals surface area contributed by atoms with Crippen LogP contribution in [0.3, 0.4) is 0 Å². The Morgan fingerprint density at radius 2 is 2.23 bits per heavy atom. The molecule has 0 radical (unpaired) electrons. The van der Waals surface area contributed by atoms with Gasteiger partial charge in [0.05, 0.1) is 6.20 Å². The van der Waals surface area contributed by atoms with E-state index in [1.54, 1.807) is 0 Å². The predicted molar refractivity (Wildman–Crippen MR) is 80.3 cm³/mol. The van der Waals surface area contributed by atoms with Gasteiger partial charge in [-0.05, 0) is 25.0 Å². The maximum Gasteiger partial charge on any atom is 0.231 e. The van der Waals surface area contributed by atoms with Crippen LogP contribution < -0.4 is 19.5 Å². The van der Waals surface area contributed by atoms with Crippen molar-refractivity contribution in [3.8, 4) is 17.2 Å². The van der Waals surface area contributed by atoms with Crippen molar-refractivity contribution in [3.05, 3.63) is 35.7 Å². The fourth-order valence-electron chi connectivity index (χ4n) is 2.91. The second-order valence-electron chi connectivity index (χ2n) is 5.48. The highest BCUT2D eigenvalue weighted by Gasteiger charge is 2.15. The van der Waals surface area contributed by atoms with E-state index in [0.29, 0.717) is 6.61 Å². The van der Waals surface area contributed by atoms with Gasteiger partial charge in [-0.3, -0.25) is 4.68 Å². The number of hydrogen-bond donors (Lipinski definition) is 1. The number of fused-ring (bicyclic) bond motifs is 2. The van der Waals surface area contributed by atoms with E-state index in [1.807, 2.05) is 24.4 Å². The van der Waals surface area contributed by atoms with Crippen LogP contribution in [-0.4, -0.2) is 29.7 Å². The Morgan fingerprint density at radius 1 is 1.27 bits per heavy atom. The van der Waals surface area contributed by atoms with Gasteiger partial charge < -0.3 is 19.5 Å². The van der Waals surface area contributed by atoms with E-state index in [2.05, 4.69) is 15.1 Å². The van der Waals surface area contributed by atoms with Crippen molar-refractivity contribution in [2.24, 2.45) is 0 Å². The van der Waals surface area contributed by atoms with Crippen molar-refractivity contribution in [2.45, 2.75) is 25.9 Å². The number of nitrogens with one attached hydrogen (secondary N) is 1. The predicted octanol–water partition coefficient (Wildman–Crippen LogP) is 1.73. The molecule has 0 saturated heterocycles. The van der Waals surface area contributed by atoms with E-state index < -0.39 is 0 Å². The third-order valence-corrected chi connectivity index (χ3v) is 4.03. The van der Waals surface area contributed by atoms with Gasteiger partial charge in [0, 0.05) is 37.0 Å². The largest absolute Gasteiger partial charge is 0.492 e. The van der Waals surface area contributed by atoms with Crippen LogP contribution in [0.4, 0.5) is 0 Å². The van der Waals surface area contributed by atoms with Crippen molar-refractivity contribution in [1.29, 1.82) is 0 Å². The number of nitrogens with zero attached hydrogens (tertiary/aromatic N) is 2. The molecule has 1 aromatic heterocycles. The van der Waals surface area contributed by atoms with Gasteiger partial charge >= 0.3 is 0 Å². The minimum absolute atomic E-state index is 0.288. The Labute approximate surface area is 129 Å². The van der Waals surface area contributed by atoms with Crippen LogP contribution in [0.2, 0.25) is 0 Å². The van der Waals surface area contributed by atoms with Crippen molar-refractivity contribution in [1.82, 2.24) is 15.1 Å². The first-order valence-corrected chi connectivity index (χ1v) is 7.67. The van der Waals surface area contributed by atoms with Crippen LogP contribution in [0.15, 0.2) is 24.4 Å². The fourth-order valence-corrected chi connectivity index (χ4v) is 2.91. The summed E-state index contributed by atoms with van der Waals surface area (Å²) in [5, 5.41) is 7.80. The Morgan fingerprint density at radius 3 is 3.23 bits per heavy atom. The van der Waals surface area contributed by atoms with Gasteiger partial charge in [-0.15, -0.1) is 0 Å². The van der Waals surface area contributed by atoms with Crippen LogP contribution in [0, 0.1) is 0 Å². The van der Waals surface area contributed by atoms with Crippen LogP contribution >= 0.6 is 0 Å². The lowest BCUT2D eigenvalue weighted by molar-refractivity contribution is 0.173. The number of aryl methyl sites for hydroxylation is 1. The molecule has 2 aromatic rings. The second kappa shape index (κ2) is 5.88. The lowest BCUT2D eigenvalue weighted by Gasteiger charge is -2.08. The maximum absolute atomic E-state index is 5.72. The molecule has 116 valence electrons. The van der Waals surface area contributed by atoms with E-state index in [0.717, 1.165) is 43.3 Å². The lowest BCUT2D eigenvalue weighted by Crippen LogP contribution is -2.21. The zero-order chi connectivity index (χ0) is 14.8. The second-order valence-corrected chi connectivity index (χ2v) is 5.48. The molecule has 0 aliphatic carbocycles. The van der Waals surface area contributed by atoms with Gasteiger partial charge in [0.25, 0.3) is 0 Å². The summed E-state index contributed by atoms with van der Waals surface area (Å²) in [5.74, 6) is 2.33. The zero-order valence-corrected chi connectivity index (χ0v) is 12.4. The standard InChI is InChI=1S/C16H19N3O3/c1-2-14-12(10-18-19(14)6-1)9-17-5-7-20-13-3-4-15-16(8-13)22-11-21-15/h3-4,8,10,17H,1-2,5-7,9,11H2. The minimum Gasteiger partial charge on any atom is -0.492 e. The summed E-state index contributed by atoms with van der Waals surface area (Å²) in [7, 11) is 0. The fraction of sp³-hybridized carbons (Fsp3) is 0.438. The number of benzene rings is 1. The van der Waals surface area contributed by atoms with Crippen LogP contribution in [0.1, 0.15) is 17.7 Å². The van der Waals surface area contributed by atoms with Gasteiger partial charge in [0.15, 0.2) is 11.5 Å². The molecule has 0 atom stereocenters. The summed E-state index contributed by atoms with van der Waals surface area (Å²) in [6, 6.07) is 5.65. The quantitative estimate of drug-likeness (QED) is 0.823. The third-order valence-electron chi connectivity index (χ3n) is 4.03. The first-order valence-electron chi connectivity index (χ1n) is 7.67. The number of aromatic nitrogens is 2. The van der Waals surface area contributed by atoms with E-state index >= 15 is 0 Å². The summed E-state index contributed by atoms with van der Waals surface area (Å²) in [5.41, 5.74) is 2.68. The third kappa shape index (κ3) is 2.62. The summed E-state index contributed by atoms with van der Waals surface area (Å²) in [4.78, 5) is 0. The van der Waals surface area contributed by atoms with Gasteiger partial charge in [-0.25, -0.2) is 0 Å². The number of rotatable bonds is 6. The molecule has 6 nitrogen and oxygen atoms in total. The first kappa shape index (κ1) is 13.5. The van der Waals surface area contributed by atoms with E-state index in [-0.39, 0.29) is 6.79 Å². The van der Waals surface area contributed by atoms with Crippen LogP contribution in [0.5, 0.6) is 17.2 Å². The molecule has 0 amide bonds. The molecule has 22 heavy (non-hydrogen) atoms. The summed E-state index contributed by atoms with van der Waals surface area (Å²) in [6.45, 7) is 3.60. The summed E-state index contributed by atoms with van der Waals surface area (Å²) >= 11 is 0. The van der Waals surface area contributed by atoms with Crippen molar-refractivity contribution >= 4 is 0 Å². The highest BCUT2D eigenvalue weighted by atomic mass is 16.7. The highest BCUT2D eigenvalue weighted by molar-refractivity contribution is 5.46. The molecule has 3 heterocycles. The highest BCUT2D eigenvalue weighted by Crippen LogP contribution is 2.34. The topological polar surface area (TPSA) is 57.5 Å². The van der Waals surface area contributed by atoms with Crippen molar-refractivity contribution in [3.63, 3.8) is 0 Å². The molecule has 2 aliphatic heterocycles. The maximum atomic E-state index is 5.72. The van der Waals surface area contributed by atoms with Crippen LogP contribution in [-0.2, 0) is 19.5 Å². The molecule has 1 N–H and O–H groups in total. The van der Waals surface area contributed by atoms with E-state index in [9.17, 15) is 0 Å². The molecule has 4 rings (SSSR count). The SMILES string of the molecule is c1cc2c(cc1OCCNCc1cnn3c1CCC3)OCO2. The Balaban J connectivity index is 1.22. The van der Waals surface area contributed by atoms with Crippen molar-refractivity contribution < 1.29 is 14.2 Å². The summed E-state index contributed by atoms with van der Waals surface area (Å²) < 4.78 is 18.4. The average molecular weight is 301 g/mol. The van der Waals surface area contributed by atoms with Gasteiger partial charge in [0.2, 0.25) is 6.79 Å². The Kier molecular flexibility index (Phi) is 3.60. The van der Waals surface area contributed by atoms with Gasteiger partial charge in [0.1, 0.15) is 12.4 Å². The molecule has 1 aromatic carbocycles. The molecule has 0 saturated carbocycles. The minimum atomic E-state index is 0.288. The van der Waals surface area contributed by atoms with Crippen LogP contribution in [0.25, 0.3) is 0 Å². The molecular formula is C16H19N3O3. The molecular weight excluding hydrogens is 282 g/mol. The molecule has 0 fully saturated rings. The normalized spacial score (nSPS) is 15.1. The van der Waals surface area contributed by atoms with E-state index in [1.165, 1.54) is 17.7 Å². The average Bonchev–Trinajstić information content (AvgIpc) is 3.23. The lowest BCUT2D eigenvalue weighted by atomic mass is 10.2. The number of hydrogen-bond acceptors (Lipinski definition) is 5. The first-order chi connectivity index (χ1) is 10.9. The molecule has 0 spiro atoms. The Bertz CT molecular complexity index is 669. The smallest absolute Gasteiger partial charge is 0.231 e. The van der Waals surface area contributed by atoms with E-state index in [4.69, 9.17) is 14.2 Å². The zero-order valence-electron chi connectivity index (χ0n) is 12.4. The van der Waals surface area contributed by atoms with Gasteiger partial charge in [-0.2, -0.15) is 5.10 Å². The van der Waals surface area contributed by atoms with Crippen molar-refractivity contribution in [2.75, 3.05) is 19.9 Å².